The van der Waals surface area contributed by atoms with Crippen LogP contribution in [0.1, 0.15) is 36.2 Å². The molecule has 3 aromatic rings. The molecule has 1 aromatic heterocycles. The first-order valence-electron chi connectivity index (χ1n) is 9.70. The highest BCUT2D eigenvalue weighted by molar-refractivity contribution is 6.30. The van der Waals surface area contributed by atoms with E-state index in [-0.39, 0.29) is 11.5 Å². The third-order valence-corrected chi connectivity index (χ3v) is 5.05. The van der Waals surface area contributed by atoms with Crippen molar-refractivity contribution in [2.24, 2.45) is 0 Å². The number of carbonyl (C=O) groups is 1. The number of amides is 1. The third-order valence-electron chi connectivity index (χ3n) is 4.80. The fourth-order valence-electron chi connectivity index (χ4n) is 3.33. The summed E-state index contributed by atoms with van der Waals surface area (Å²) < 4.78 is 6.68. The van der Waals surface area contributed by atoms with Gasteiger partial charge in [-0.2, -0.15) is 5.10 Å². The van der Waals surface area contributed by atoms with Gasteiger partial charge in [-0.05, 0) is 55.3 Å². The van der Waals surface area contributed by atoms with Crippen molar-refractivity contribution in [1.29, 1.82) is 0 Å². The Kier molecular flexibility index (Phi) is 6.90. The van der Waals surface area contributed by atoms with Crippen LogP contribution < -0.4 is 15.6 Å². The number of ether oxygens (including phenoxy) is 1. The summed E-state index contributed by atoms with van der Waals surface area (Å²) in [6, 6.07) is 15.4. The minimum atomic E-state index is -0.732. The summed E-state index contributed by atoms with van der Waals surface area (Å²) >= 11 is 5.90. The summed E-state index contributed by atoms with van der Waals surface area (Å²) in [4.78, 5) is 26.1. The number of hydrogen-bond donors (Lipinski definition) is 1. The van der Waals surface area contributed by atoms with E-state index in [4.69, 9.17) is 16.3 Å². The van der Waals surface area contributed by atoms with Crippen LogP contribution >= 0.6 is 11.6 Å². The number of hydrogen-bond acceptors (Lipinski definition) is 4. The molecule has 0 aliphatic rings. The molecule has 156 valence electrons. The summed E-state index contributed by atoms with van der Waals surface area (Å²) in [5.74, 6) is 0.411. The van der Waals surface area contributed by atoms with Gasteiger partial charge in [0, 0.05) is 22.7 Å². The molecule has 0 saturated carbocycles. The molecule has 1 amide bonds. The van der Waals surface area contributed by atoms with Crippen molar-refractivity contribution in [3.8, 4) is 5.75 Å². The van der Waals surface area contributed by atoms with E-state index < -0.39 is 6.04 Å². The van der Waals surface area contributed by atoms with Crippen molar-refractivity contribution >= 4 is 23.2 Å². The highest BCUT2D eigenvalue weighted by atomic mass is 35.5. The molecule has 1 atom stereocenters. The molecule has 0 spiro atoms. The summed E-state index contributed by atoms with van der Waals surface area (Å²) in [5.41, 5.74) is 2.44. The minimum absolute atomic E-state index is 0.287. The maximum atomic E-state index is 13.2. The molecule has 6 nitrogen and oxygen atoms in total. The lowest BCUT2D eigenvalue weighted by molar-refractivity contribution is -0.119. The molecule has 0 aliphatic heterocycles. The van der Waals surface area contributed by atoms with Gasteiger partial charge in [-0.1, -0.05) is 36.7 Å². The summed E-state index contributed by atoms with van der Waals surface area (Å²) in [6.07, 6.45) is 0.811. The molecule has 1 N–H and O–H groups in total. The Balaban J connectivity index is 1.93. The largest absolute Gasteiger partial charge is 0.496 e. The second-order valence-electron chi connectivity index (χ2n) is 6.97. The standard InChI is InChI=1S/C23H24ClN3O3/c1-4-20(22(28)25-19-11-9-18(24)10-12-19)27-23(29)17(13-15(2)26-27)14-16-7-5-6-8-21(16)30-3/h5-13,20H,4,14H2,1-3H3,(H,25,28). The highest BCUT2D eigenvalue weighted by Gasteiger charge is 2.23. The molecule has 0 radical (unpaired) electrons. The van der Waals surface area contributed by atoms with Gasteiger partial charge in [-0.25, -0.2) is 4.68 Å². The lowest BCUT2D eigenvalue weighted by atomic mass is 10.0. The quantitative estimate of drug-likeness (QED) is 0.609. The third kappa shape index (κ3) is 4.89. The molecule has 7 heteroatoms. The zero-order valence-corrected chi connectivity index (χ0v) is 17.9. The monoisotopic (exact) mass is 425 g/mol. The maximum Gasteiger partial charge on any atom is 0.271 e. The van der Waals surface area contributed by atoms with Gasteiger partial charge in [0.25, 0.3) is 5.56 Å². The SMILES string of the molecule is CCC(C(=O)Nc1ccc(Cl)cc1)n1nc(C)cc(Cc2ccccc2OC)c1=O. The average Bonchev–Trinajstić information content (AvgIpc) is 2.74. The number of nitrogens with zero attached hydrogens (tertiary/aromatic N) is 2. The van der Waals surface area contributed by atoms with Crippen molar-refractivity contribution in [2.75, 3.05) is 12.4 Å². The Labute approximate surface area is 180 Å². The topological polar surface area (TPSA) is 73.2 Å². The predicted octanol–water partition coefficient (Wildman–Crippen LogP) is 4.39. The van der Waals surface area contributed by atoms with Gasteiger partial charge in [-0.15, -0.1) is 0 Å². The Morgan fingerprint density at radius 3 is 2.53 bits per heavy atom. The number of para-hydroxylation sites is 1. The Morgan fingerprint density at radius 2 is 1.87 bits per heavy atom. The van der Waals surface area contributed by atoms with E-state index in [0.29, 0.717) is 40.6 Å². The van der Waals surface area contributed by atoms with Crippen molar-refractivity contribution in [3.63, 3.8) is 0 Å². The Morgan fingerprint density at radius 1 is 1.17 bits per heavy atom. The van der Waals surface area contributed by atoms with Crippen LogP contribution in [-0.2, 0) is 11.2 Å². The first-order valence-corrected chi connectivity index (χ1v) is 10.1. The van der Waals surface area contributed by atoms with Crippen LogP contribution in [0.2, 0.25) is 5.02 Å². The smallest absolute Gasteiger partial charge is 0.271 e. The first-order chi connectivity index (χ1) is 14.4. The second-order valence-corrected chi connectivity index (χ2v) is 7.41. The van der Waals surface area contributed by atoms with Gasteiger partial charge in [0.05, 0.1) is 12.8 Å². The summed E-state index contributed by atoms with van der Waals surface area (Å²) in [6.45, 7) is 3.66. The van der Waals surface area contributed by atoms with Crippen molar-refractivity contribution in [2.45, 2.75) is 32.7 Å². The molecule has 0 saturated heterocycles. The molecule has 0 fully saturated rings. The fraction of sp³-hybridized carbons (Fsp3) is 0.261. The van der Waals surface area contributed by atoms with Crippen LogP contribution in [0.4, 0.5) is 5.69 Å². The van der Waals surface area contributed by atoms with E-state index >= 15 is 0 Å². The minimum Gasteiger partial charge on any atom is -0.496 e. The normalized spacial score (nSPS) is 11.7. The van der Waals surface area contributed by atoms with E-state index in [2.05, 4.69) is 10.4 Å². The van der Waals surface area contributed by atoms with Crippen molar-refractivity contribution < 1.29 is 9.53 Å². The second kappa shape index (κ2) is 9.59. The van der Waals surface area contributed by atoms with E-state index in [1.165, 1.54) is 4.68 Å². The molecule has 30 heavy (non-hydrogen) atoms. The summed E-state index contributed by atoms with van der Waals surface area (Å²) in [5, 5.41) is 7.77. The molecule has 1 heterocycles. The van der Waals surface area contributed by atoms with Crippen LogP contribution in [0.3, 0.4) is 0 Å². The van der Waals surface area contributed by atoms with Gasteiger partial charge in [-0.3, -0.25) is 9.59 Å². The number of anilines is 1. The number of halogens is 1. The highest BCUT2D eigenvalue weighted by Crippen LogP contribution is 2.21. The molecular weight excluding hydrogens is 402 g/mol. The molecular formula is C23H24ClN3O3. The van der Waals surface area contributed by atoms with E-state index in [9.17, 15) is 9.59 Å². The van der Waals surface area contributed by atoms with Crippen molar-refractivity contribution in [1.82, 2.24) is 9.78 Å². The number of methoxy groups -OCH3 is 1. The van der Waals surface area contributed by atoms with Crippen LogP contribution in [-0.4, -0.2) is 22.8 Å². The zero-order valence-electron chi connectivity index (χ0n) is 17.2. The first kappa shape index (κ1) is 21.6. The van der Waals surface area contributed by atoms with Gasteiger partial charge in [0.2, 0.25) is 5.91 Å². The zero-order chi connectivity index (χ0) is 21.7. The van der Waals surface area contributed by atoms with Crippen LogP contribution in [0.5, 0.6) is 5.75 Å². The van der Waals surface area contributed by atoms with E-state index in [0.717, 1.165) is 5.56 Å². The summed E-state index contributed by atoms with van der Waals surface area (Å²) in [7, 11) is 1.60. The average molecular weight is 426 g/mol. The molecule has 0 bridgehead atoms. The molecule has 1 unspecified atom stereocenters. The van der Waals surface area contributed by atoms with Gasteiger partial charge in [0.15, 0.2) is 0 Å². The number of aromatic nitrogens is 2. The Bertz CT molecular complexity index is 1090. The lowest BCUT2D eigenvalue weighted by Gasteiger charge is -2.18. The van der Waals surface area contributed by atoms with E-state index in [1.54, 1.807) is 37.4 Å². The number of nitrogens with one attached hydrogen (secondary N) is 1. The predicted molar refractivity (Wildman–Crippen MR) is 118 cm³/mol. The molecule has 3 rings (SSSR count). The van der Waals surface area contributed by atoms with Crippen molar-refractivity contribution in [3.05, 3.63) is 86.8 Å². The van der Waals surface area contributed by atoms with Gasteiger partial charge < -0.3 is 10.1 Å². The number of rotatable bonds is 7. The van der Waals surface area contributed by atoms with Crippen LogP contribution in [0.15, 0.2) is 59.4 Å². The van der Waals surface area contributed by atoms with E-state index in [1.807, 2.05) is 38.1 Å². The number of carbonyl (C=O) groups excluding carboxylic acids is 1. The fourth-order valence-corrected chi connectivity index (χ4v) is 3.45. The maximum absolute atomic E-state index is 13.2. The van der Waals surface area contributed by atoms with Crippen LogP contribution in [0.25, 0.3) is 0 Å². The molecule has 2 aromatic carbocycles. The molecule has 0 aliphatic carbocycles. The number of benzene rings is 2. The van der Waals surface area contributed by atoms with Gasteiger partial charge >= 0.3 is 0 Å². The Hall–Kier alpha value is -3.12. The van der Waals surface area contributed by atoms with Gasteiger partial charge in [0.1, 0.15) is 11.8 Å². The van der Waals surface area contributed by atoms with Crippen LogP contribution in [0, 0.1) is 6.92 Å². The lowest BCUT2D eigenvalue weighted by Crippen LogP contribution is -2.36. The number of aryl methyl sites for hydroxylation is 1.